The van der Waals surface area contributed by atoms with Gasteiger partial charge in [0.15, 0.2) is 0 Å². The minimum absolute atomic E-state index is 0.0260. The molecule has 1 aromatic carbocycles. The molecule has 1 aromatic rings. The first-order valence-electron chi connectivity index (χ1n) is 6.14. The van der Waals surface area contributed by atoms with E-state index in [-0.39, 0.29) is 18.3 Å². The van der Waals surface area contributed by atoms with Crippen LogP contribution in [0.1, 0.15) is 31.2 Å². The number of para-hydroxylation sites is 1. The van der Waals surface area contributed by atoms with Crippen molar-refractivity contribution in [3.8, 4) is 0 Å². The highest BCUT2D eigenvalue weighted by atomic mass is 16.6. The van der Waals surface area contributed by atoms with Gasteiger partial charge >= 0.3 is 5.97 Å². The van der Waals surface area contributed by atoms with Crippen molar-refractivity contribution in [3.63, 3.8) is 0 Å². The van der Waals surface area contributed by atoms with Gasteiger partial charge in [-0.3, -0.25) is 14.9 Å². The number of benzene rings is 1. The lowest BCUT2D eigenvalue weighted by Crippen LogP contribution is -2.05. The smallest absolute Gasteiger partial charge is 0.306 e. The highest BCUT2D eigenvalue weighted by molar-refractivity contribution is 5.69. The maximum atomic E-state index is 11.4. The molecular formula is C14H17NO4. The summed E-state index contributed by atoms with van der Waals surface area (Å²) in [6.45, 7) is 3.54. The molecule has 19 heavy (non-hydrogen) atoms. The predicted octanol–water partition coefficient (Wildman–Crippen LogP) is 3.38. The Bertz CT molecular complexity index is 457. The quantitative estimate of drug-likeness (QED) is 0.237. The highest BCUT2D eigenvalue weighted by Crippen LogP contribution is 2.18. The third-order valence-electron chi connectivity index (χ3n) is 2.62. The molecule has 0 aliphatic rings. The molecule has 102 valence electrons. The van der Waals surface area contributed by atoms with Gasteiger partial charge in [-0.25, -0.2) is 0 Å². The van der Waals surface area contributed by atoms with Crippen molar-refractivity contribution in [2.45, 2.75) is 32.3 Å². The second-order valence-electron chi connectivity index (χ2n) is 4.08. The van der Waals surface area contributed by atoms with Crippen molar-refractivity contribution in [1.82, 2.24) is 0 Å². The molecule has 5 nitrogen and oxygen atoms in total. The summed E-state index contributed by atoms with van der Waals surface area (Å²) in [6.07, 6.45) is 4.64. The van der Waals surface area contributed by atoms with Gasteiger partial charge in [-0.1, -0.05) is 18.2 Å². The molecule has 0 aromatic heterocycles. The van der Waals surface area contributed by atoms with E-state index in [0.29, 0.717) is 12.0 Å². The maximum Gasteiger partial charge on any atom is 0.306 e. The highest BCUT2D eigenvalue weighted by Gasteiger charge is 2.13. The third kappa shape index (κ3) is 5.33. The molecule has 0 heterocycles. The van der Waals surface area contributed by atoms with Crippen LogP contribution in [0.15, 0.2) is 36.9 Å². The Balaban J connectivity index is 2.42. The van der Waals surface area contributed by atoms with Crippen molar-refractivity contribution in [2.24, 2.45) is 0 Å². The van der Waals surface area contributed by atoms with E-state index in [2.05, 4.69) is 6.58 Å². The van der Waals surface area contributed by atoms with Crippen molar-refractivity contribution in [1.29, 1.82) is 0 Å². The third-order valence-corrected chi connectivity index (χ3v) is 2.62. The minimum Gasteiger partial charge on any atom is -0.461 e. The van der Waals surface area contributed by atoms with Gasteiger partial charge in [0.25, 0.3) is 5.69 Å². The molecule has 0 saturated heterocycles. The first kappa shape index (κ1) is 14.9. The monoisotopic (exact) mass is 263 g/mol. The second kappa shape index (κ2) is 8.02. The van der Waals surface area contributed by atoms with E-state index in [0.717, 1.165) is 19.3 Å². The average Bonchev–Trinajstić information content (AvgIpc) is 2.41. The predicted molar refractivity (Wildman–Crippen MR) is 71.6 cm³/mol. The molecule has 0 unspecified atom stereocenters. The fourth-order valence-electron chi connectivity index (χ4n) is 1.60. The lowest BCUT2D eigenvalue weighted by Gasteiger charge is -2.05. The van der Waals surface area contributed by atoms with Crippen LogP contribution in [-0.4, -0.2) is 10.9 Å². The molecule has 0 N–H and O–H groups in total. The normalized spacial score (nSPS) is 9.89. The number of ether oxygens (including phenoxy) is 1. The minimum atomic E-state index is -0.479. The lowest BCUT2D eigenvalue weighted by molar-refractivity contribution is -0.385. The van der Waals surface area contributed by atoms with E-state index < -0.39 is 4.92 Å². The first-order valence-corrected chi connectivity index (χ1v) is 6.14. The Kier molecular flexibility index (Phi) is 6.29. The number of hydrogen-bond acceptors (Lipinski definition) is 4. The van der Waals surface area contributed by atoms with Crippen LogP contribution in [0.3, 0.4) is 0 Å². The second-order valence-corrected chi connectivity index (χ2v) is 4.08. The summed E-state index contributed by atoms with van der Waals surface area (Å²) < 4.78 is 5.03. The number of nitro benzene ring substituents is 1. The zero-order valence-electron chi connectivity index (χ0n) is 10.7. The van der Waals surface area contributed by atoms with Gasteiger partial charge in [0.2, 0.25) is 0 Å². The summed E-state index contributed by atoms with van der Waals surface area (Å²) >= 11 is 0. The van der Waals surface area contributed by atoms with Crippen LogP contribution < -0.4 is 0 Å². The van der Waals surface area contributed by atoms with Crippen molar-refractivity contribution in [3.05, 3.63) is 52.6 Å². The average molecular weight is 263 g/mol. The maximum absolute atomic E-state index is 11.4. The van der Waals surface area contributed by atoms with Crippen molar-refractivity contribution in [2.75, 3.05) is 0 Å². The van der Waals surface area contributed by atoms with Gasteiger partial charge in [0, 0.05) is 12.5 Å². The fraction of sp³-hybridized carbons (Fsp3) is 0.357. The number of nitrogens with zero attached hydrogens (tertiary/aromatic N) is 1. The van der Waals surface area contributed by atoms with Crippen LogP contribution in [0.2, 0.25) is 0 Å². The van der Waals surface area contributed by atoms with E-state index in [9.17, 15) is 14.9 Å². The summed E-state index contributed by atoms with van der Waals surface area (Å²) in [4.78, 5) is 21.7. The van der Waals surface area contributed by atoms with Crippen molar-refractivity contribution < 1.29 is 14.5 Å². The van der Waals surface area contributed by atoms with Gasteiger partial charge in [0.05, 0.1) is 10.5 Å². The van der Waals surface area contributed by atoms with Crippen LogP contribution in [-0.2, 0) is 16.1 Å². The van der Waals surface area contributed by atoms with E-state index in [1.807, 2.05) is 0 Å². The molecule has 0 radical (unpaired) electrons. The van der Waals surface area contributed by atoms with Crippen LogP contribution in [0.4, 0.5) is 5.69 Å². The molecule has 0 fully saturated rings. The van der Waals surface area contributed by atoms with E-state index >= 15 is 0 Å². The number of carbonyl (C=O) groups is 1. The molecule has 1 rings (SSSR count). The largest absolute Gasteiger partial charge is 0.461 e. The number of unbranched alkanes of at least 4 members (excludes halogenated alkanes) is 2. The summed E-state index contributed by atoms with van der Waals surface area (Å²) in [7, 11) is 0. The van der Waals surface area contributed by atoms with E-state index in [1.54, 1.807) is 24.3 Å². The fourth-order valence-corrected chi connectivity index (χ4v) is 1.60. The number of rotatable bonds is 8. The van der Waals surface area contributed by atoms with Gasteiger partial charge in [-0.2, -0.15) is 0 Å². The van der Waals surface area contributed by atoms with Gasteiger partial charge in [-0.15, -0.1) is 6.58 Å². The zero-order chi connectivity index (χ0) is 14.1. The molecule has 0 spiro atoms. The Morgan fingerprint density at radius 3 is 2.79 bits per heavy atom. The molecule has 5 heteroatoms. The van der Waals surface area contributed by atoms with Gasteiger partial charge < -0.3 is 4.74 Å². The Morgan fingerprint density at radius 2 is 2.11 bits per heavy atom. The topological polar surface area (TPSA) is 69.4 Å². The number of hydrogen-bond donors (Lipinski definition) is 0. The molecular weight excluding hydrogens is 246 g/mol. The summed E-state index contributed by atoms with van der Waals surface area (Å²) in [5.74, 6) is -0.331. The van der Waals surface area contributed by atoms with E-state index in [4.69, 9.17) is 4.74 Å². The number of allylic oxidation sites excluding steroid dienone is 1. The summed E-state index contributed by atoms with van der Waals surface area (Å²) in [5.41, 5.74) is 0.383. The molecule has 0 atom stereocenters. The van der Waals surface area contributed by atoms with Crippen LogP contribution in [0.25, 0.3) is 0 Å². The van der Waals surface area contributed by atoms with Gasteiger partial charge in [0.1, 0.15) is 6.61 Å². The SMILES string of the molecule is C=CCCCCC(=O)OCc1ccccc1[N+](=O)[O-]. The standard InChI is InChI=1S/C14H17NO4/c1-2-3-4-5-10-14(16)19-11-12-8-6-7-9-13(12)15(17)18/h2,6-9H,1,3-5,10-11H2. The van der Waals surface area contributed by atoms with Crippen LogP contribution in [0, 0.1) is 10.1 Å². The number of esters is 1. The number of carbonyl (C=O) groups excluding carboxylic acids is 1. The van der Waals surface area contributed by atoms with Crippen LogP contribution >= 0.6 is 0 Å². The number of nitro groups is 1. The Morgan fingerprint density at radius 1 is 1.37 bits per heavy atom. The molecule has 0 aliphatic carbocycles. The first-order chi connectivity index (χ1) is 9.15. The molecule has 0 bridgehead atoms. The summed E-state index contributed by atoms with van der Waals surface area (Å²) in [6, 6.07) is 6.25. The molecule has 0 aliphatic heterocycles. The Labute approximate surface area is 112 Å². The molecule has 0 saturated carbocycles. The van der Waals surface area contributed by atoms with Crippen LogP contribution in [0.5, 0.6) is 0 Å². The van der Waals surface area contributed by atoms with Crippen molar-refractivity contribution >= 4 is 11.7 Å². The van der Waals surface area contributed by atoms with E-state index in [1.165, 1.54) is 6.07 Å². The van der Waals surface area contributed by atoms with Gasteiger partial charge in [-0.05, 0) is 25.3 Å². The lowest BCUT2D eigenvalue weighted by atomic mass is 10.2. The Hall–Kier alpha value is -2.17. The molecule has 0 amide bonds. The summed E-state index contributed by atoms with van der Waals surface area (Å²) in [5, 5.41) is 10.8. The zero-order valence-corrected chi connectivity index (χ0v) is 10.7.